The zero-order chi connectivity index (χ0) is 12.7. The van der Waals surface area contributed by atoms with Gasteiger partial charge in [0.05, 0.1) is 0 Å². The van der Waals surface area contributed by atoms with Gasteiger partial charge in [-0.1, -0.05) is 0 Å². The number of carbonyl (C=O) groups is 2. The summed E-state index contributed by atoms with van der Waals surface area (Å²) in [5, 5.41) is 20.0. The molecule has 0 aliphatic heterocycles. The summed E-state index contributed by atoms with van der Waals surface area (Å²) in [7, 11) is 0. The van der Waals surface area contributed by atoms with Crippen molar-refractivity contribution in [2.45, 2.75) is 37.9 Å². The number of nitrogens with two attached hydrogens (primary N) is 2. The summed E-state index contributed by atoms with van der Waals surface area (Å²) in [6, 6.07) is -2.20. The van der Waals surface area contributed by atoms with Gasteiger partial charge in [0, 0.05) is 6.04 Å². The number of carboxylic acid groups (broad SMARTS) is 2. The average Bonchev–Trinajstić information content (AvgIpc) is 2.22. The number of aliphatic carboxylic acids is 2. The first-order chi connectivity index (χ1) is 7.36. The Morgan fingerprint density at radius 3 is 2.25 bits per heavy atom. The third-order valence-corrected chi connectivity index (χ3v) is 2.30. The van der Waals surface area contributed by atoms with Crippen molar-refractivity contribution in [2.24, 2.45) is 11.5 Å². The van der Waals surface area contributed by atoms with Crippen molar-refractivity contribution >= 4 is 11.9 Å². The van der Waals surface area contributed by atoms with Crippen LogP contribution in [0.3, 0.4) is 0 Å². The first-order valence-electron chi connectivity index (χ1n) is 5.06. The van der Waals surface area contributed by atoms with Crippen LogP contribution in [0.5, 0.6) is 0 Å². The smallest absolute Gasteiger partial charge is 0.322 e. The van der Waals surface area contributed by atoms with Crippen LogP contribution in [0, 0.1) is 0 Å². The largest absolute Gasteiger partial charge is 0.480 e. The predicted molar refractivity (Wildman–Crippen MR) is 57.9 cm³/mol. The second kappa shape index (κ2) is 7.15. The van der Waals surface area contributed by atoms with Crippen LogP contribution in [0.25, 0.3) is 0 Å². The highest BCUT2D eigenvalue weighted by molar-refractivity contribution is 5.74. The normalized spacial score (nSPS) is 16.4. The van der Waals surface area contributed by atoms with E-state index in [-0.39, 0.29) is 6.04 Å². The maximum Gasteiger partial charge on any atom is 0.322 e. The fourth-order valence-corrected chi connectivity index (χ4v) is 1.12. The SMILES string of the molecule is CC(NCCC[C@H](N)C(=O)O)C(N)C(=O)O. The van der Waals surface area contributed by atoms with Crippen molar-refractivity contribution < 1.29 is 19.8 Å². The second-order valence-electron chi connectivity index (χ2n) is 3.69. The Balaban J connectivity index is 3.66. The molecule has 0 aromatic rings. The molecule has 0 amide bonds. The van der Waals surface area contributed by atoms with Gasteiger partial charge >= 0.3 is 11.9 Å². The maximum atomic E-state index is 10.5. The minimum Gasteiger partial charge on any atom is -0.480 e. The molecular weight excluding hydrogens is 214 g/mol. The fraction of sp³-hybridized carbons (Fsp3) is 0.778. The van der Waals surface area contributed by atoms with Crippen molar-refractivity contribution in [1.29, 1.82) is 0 Å². The van der Waals surface area contributed by atoms with E-state index in [1.54, 1.807) is 6.92 Å². The van der Waals surface area contributed by atoms with E-state index >= 15 is 0 Å². The van der Waals surface area contributed by atoms with Crippen LogP contribution in [-0.4, -0.2) is 46.8 Å². The molecule has 0 aliphatic rings. The molecule has 0 bridgehead atoms. The average molecular weight is 233 g/mol. The second-order valence-corrected chi connectivity index (χ2v) is 3.69. The van der Waals surface area contributed by atoms with Gasteiger partial charge in [0.25, 0.3) is 0 Å². The molecule has 0 radical (unpaired) electrons. The van der Waals surface area contributed by atoms with Gasteiger partial charge in [0.15, 0.2) is 0 Å². The molecule has 0 saturated heterocycles. The van der Waals surface area contributed by atoms with E-state index in [1.807, 2.05) is 0 Å². The molecule has 0 fully saturated rings. The summed E-state index contributed by atoms with van der Waals surface area (Å²) in [4.78, 5) is 20.9. The molecule has 94 valence electrons. The summed E-state index contributed by atoms with van der Waals surface area (Å²) >= 11 is 0. The fourth-order valence-electron chi connectivity index (χ4n) is 1.12. The van der Waals surface area contributed by atoms with Crippen molar-refractivity contribution in [2.75, 3.05) is 6.54 Å². The van der Waals surface area contributed by atoms with Crippen LogP contribution in [0.2, 0.25) is 0 Å². The Hall–Kier alpha value is -1.18. The molecule has 7 nitrogen and oxygen atoms in total. The van der Waals surface area contributed by atoms with E-state index in [1.165, 1.54) is 0 Å². The lowest BCUT2D eigenvalue weighted by molar-refractivity contribution is -0.139. The van der Waals surface area contributed by atoms with E-state index < -0.39 is 24.0 Å². The number of rotatable bonds is 8. The molecule has 16 heavy (non-hydrogen) atoms. The summed E-state index contributed by atoms with van der Waals surface area (Å²) in [6.07, 6.45) is 0.904. The molecule has 7 N–H and O–H groups in total. The van der Waals surface area contributed by atoms with Crippen LogP contribution in [0.1, 0.15) is 19.8 Å². The molecular formula is C9H19N3O4. The van der Waals surface area contributed by atoms with Crippen molar-refractivity contribution in [3.8, 4) is 0 Å². The van der Waals surface area contributed by atoms with Crippen molar-refractivity contribution in [3.63, 3.8) is 0 Å². The molecule has 0 spiro atoms. The Morgan fingerprint density at radius 2 is 1.81 bits per heavy atom. The van der Waals surface area contributed by atoms with Gasteiger partial charge in [-0.2, -0.15) is 0 Å². The highest BCUT2D eigenvalue weighted by atomic mass is 16.4. The minimum atomic E-state index is -1.07. The van der Waals surface area contributed by atoms with Gasteiger partial charge in [-0.25, -0.2) is 0 Å². The van der Waals surface area contributed by atoms with E-state index in [9.17, 15) is 9.59 Å². The lowest BCUT2D eigenvalue weighted by atomic mass is 10.1. The molecule has 3 atom stereocenters. The highest BCUT2D eigenvalue weighted by Crippen LogP contribution is 1.95. The van der Waals surface area contributed by atoms with Crippen LogP contribution >= 0.6 is 0 Å². The lowest BCUT2D eigenvalue weighted by Gasteiger charge is -2.17. The van der Waals surface area contributed by atoms with Crippen LogP contribution in [0.4, 0.5) is 0 Å². The molecule has 0 rings (SSSR count). The van der Waals surface area contributed by atoms with Gasteiger partial charge in [-0.3, -0.25) is 9.59 Å². The van der Waals surface area contributed by atoms with Gasteiger partial charge < -0.3 is 27.0 Å². The quantitative estimate of drug-likeness (QED) is 0.324. The molecule has 0 aliphatic carbocycles. The highest BCUT2D eigenvalue weighted by Gasteiger charge is 2.19. The number of hydrogen-bond donors (Lipinski definition) is 5. The van der Waals surface area contributed by atoms with Gasteiger partial charge in [-0.15, -0.1) is 0 Å². The third-order valence-electron chi connectivity index (χ3n) is 2.30. The maximum absolute atomic E-state index is 10.5. The molecule has 0 aromatic carbocycles. The van der Waals surface area contributed by atoms with Gasteiger partial charge in [0.2, 0.25) is 0 Å². The van der Waals surface area contributed by atoms with E-state index in [0.29, 0.717) is 19.4 Å². The van der Waals surface area contributed by atoms with E-state index in [4.69, 9.17) is 21.7 Å². The number of nitrogens with one attached hydrogen (secondary N) is 1. The third kappa shape index (κ3) is 5.64. The van der Waals surface area contributed by atoms with Gasteiger partial charge in [0.1, 0.15) is 12.1 Å². The Kier molecular flexibility index (Phi) is 6.63. The monoisotopic (exact) mass is 233 g/mol. The molecule has 7 heteroatoms. The van der Waals surface area contributed by atoms with Crippen molar-refractivity contribution in [3.05, 3.63) is 0 Å². The van der Waals surface area contributed by atoms with Crippen LogP contribution in [0.15, 0.2) is 0 Å². The Bertz CT molecular complexity index is 247. The molecule has 0 saturated carbocycles. The van der Waals surface area contributed by atoms with Crippen LogP contribution < -0.4 is 16.8 Å². The zero-order valence-electron chi connectivity index (χ0n) is 9.22. The standard InChI is InChI=1S/C9H19N3O4/c1-5(7(11)9(15)16)12-4-2-3-6(10)8(13)14/h5-7,12H,2-4,10-11H2,1H3,(H,13,14)(H,15,16)/t5?,6-,7?/m0/s1. The minimum absolute atomic E-state index is 0.345. The molecule has 0 aromatic heterocycles. The molecule has 0 heterocycles. The van der Waals surface area contributed by atoms with E-state index in [2.05, 4.69) is 5.32 Å². The summed E-state index contributed by atoms with van der Waals surface area (Å²) in [5.41, 5.74) is 10.7. The Morgan fingerprint density at radius 1 is 1.25 bits per heavy atom. The topological polar surface area (TPSA) is 139 Å². The Labute approximate surface area is 93.8 Å². The lowest BCUT2D eigenvalue weighted by Crippen LogP contribution is -2.48. The first kappa shape index (κ1) is 14.8. The van der Waals surface area contributed by atoms with Crippen LogP contribution in [-0.2, 0) is 9.59 Å². The van der Waals surface area contributed by atoms with Gasteiger partial charge in [-0.05, 0) is 26.3 Å². The molecule has 2 unspecified atom stereocenters. The zero-order valence-corrected chi connectivity index (χ0v) is 9.22. The first-order valence-corrected chi connectivity index (χ1v) is 5.06. The number of carboxylic acids is 2. The van der Waals surface area contributed by atoms with Crippen molar-refractivity contribution in [1.82, 2.24) is 5.32 Å². The summed E-state index contributed by atoms with van der Waals surface area (Å²) < 4.78 is 0. The summed E-state index contributed by atoms with van der Waals surface area (Å²) in [5.74, 6) is -2.10. The number of hydrogen-bond acceptors (Lipinski definition) is 5. The predicted octanol–water partition coefficient (Wildman–Crippen LogP) is -1.43. The summed E-state index contributed by atoms with van der Waals surface area (Å²) in [6.45, 7) is 2.15. The van der Waals surface area contributed by atoms with E-state index in [0.717, 1.165) is 0 Å².